The summed E-state index contributed by atoms with van der Waals surface area (Å²) >= 11 is 1.32. The third-order valence-corrected chi connectivity index (χ3v) is 3.15. The molecule has 92 valence electrons. The zero-order valence-electron chi connectivity index (χ0n) is 9.47. The number of carbonyl (C=O) groups excluding carboxylic acids is 2. The van der Waals surface area contributed by atoms with Crippen molar-refractivity contribution < 1.29 is 9.59 Å². The number of benzene rings is 1. The second-order valence-corrected chi connectivity index (χ2v) is 4.54. The van der Waals surface area contributed by atoms with Gasteiger partial charge in [-0.15, -0.1) is 11.8 Å². The van der Waals surface area contributed by atoms with E-state index in [4.69, 9.17) is 11.5 Å². The molecule has 0 spiro atoms. The van der Waals surface area contributed by atoms with Gasteiger partial charge in [-0.1, -0.05) is 12.1 Å². The van der Waals surface area contributed by atoms with Crippen molar-refractivity contribution in [2.75, 3.05) is 11.1 Å². The van der Waals surface area contributed by atoms with Crippen LogP contribution in [0.3, 0.4) is 0 Å². The Morgan fingerprint density at radius 2 is 2.00 bits per heavy atom. The average molecular weight is 253 g/mol. The maximum atomic E-state index is 11.0. The molecular weight excluding hydrogens is 238 g/mol. The predicted octanol–water partition coefficient (Wildman–Crippen LogP) is 0.550. The van der Waals surface area contributed by atoms with E-state index >= 15 is 0 Å². The Hall–Kier alpha value is -1.69. The summed E-state index contributed by atoms with van der Waals surface area (Å²) in [6.45, 7) is 1.68. The number of primary amides is 2. The highest BCUT2D eigenvalue weighted by Gasteiger charge is 2.11. The molecule has 1 aromatic rings. The van der Waals surface area contributed by atoms with Gasteiger partial charge in [-0.05, 0) is 19.1 Å². The van der Waals surface area contributed by atoms with Gasteiger partial charge in [0.2, 0.25) is 11.8 Å². The van der Waals surface area contributed by atoms with Crippen molar-refractivity contribution in [1.29, 1.82) is 0 Å². The molecule has 0 aliphatic carbocycles. The Bertz CT molecular complexity index is 423. The Balaban J connectivity index is 2.77. The van der Waals surface area contributed by atoms with Crippen LogP contribution in [0.25, 0.3) is 0 Å². The molecule has 0 radical (unpaired) electrons. The van der Waals surface area contributed by atoms with Gasteiger partial charge >= 0.3 is 0 Å². The average Bonchev–Trinajstić information content (AvgIpc) is 2.27. The molecule has 0 aliphatic rings. The summed E-state index contributed by atoms with van der Waals surface area (Å²) in [6.07, 6.45) is 0. The second-order valence-electron chi connectivity index (χ2n) is 3.52. The summed E-state index contributed by atoms with van der Waals surface area (Å²) in [6, 6.07) is 6.89. The summed E-state index contributed by atoms with van der Waals surface area (Å²) in [5, 5.41) is 2.99. The quantitative estimate of drug-likeness (QED) is 0.645. The lowest BCUT2D eigenvalue weighted by Crippen LogP contribution is -2.32. The summed E-state index contributed by atoms with van der Waals surface area (Å²) < 4.78 is 0. The zero-order valence-corrected chi connectivity index (χ0v) is 10.3. The lowest BCUT2D eigenvalue weighted by molar-refractivity contribution is -0.118. The van der Waals surface area contributed by atoms with Gasteiger partial charge in [-0.25, -0.2) is 0 Å². The van der Waals surface area contributed by atoms with E-state index in [-0.39, 0.29) is 11.7 Å². The fourth-order valence-electron chi connectivity index (χ4n) is 1.17. The van der Waals surface area contributed by atoms with E-state index in [0.29, 0.717) is 0 Å². The maximum absolute atomic E-state index is 11.0. The van der Waals surface area contributed by atoms with Gasteiger partial charge in [0.15, 0.2) is 0 Å². The number of para-hydroxylation sites is 1. The molecular formula is C11H15N3O2S. The van der Waals surface area contributed by atoms with Crippen molar-refractivity contribution in [3.05, 3.63) is 24.3 Å². The Morgan fingerprint density at radius 1 is 1.35 bits per heavy atom. The first-order valence-electron chi connectivity index (χ1n) is 5.06. The number of amides is 2. The molecule has 0 aliphatic heterocycles. The van der Waals surface area contributed by atoms with Crippen LogP contribution >= 0.6 is 11.8 Å². The van der Waals surface area contributed by atoms with Crippen LogP contribution in [0.5, 0.6) is 0 Å². The van der Waals surface area contributed by atoms with Crippen LogP contribution < -0.4 is 16.8 Å². The van der Waals surface area contributed by atoms with Crippen molar-refractivity contribution in [2.45, 2.75) is 17.9 Å². The Labute approximate surface area is 104 Å². The Kier molecular flexibility index (Phi) is 4.84. The van der Waals surface area contributed by atoms with E-state index in [0.717, 1.165) is 10.6 Å². The first-order chi connectivity index (χ1) is 8.00. The third kappa shape index (κ3) is 4.36. The normalized spacial score (nSPS) is 11.8. The fraction of sp³-hybridized carbons (Fsp3) is 0.273. The smallest absolute Gasteiger partial charge is 0.239 e. The minimum absolute atomic E-state index is 0.198. The standard InChI is InChI=1S/C11H15N3O2S/c1-7(11(13)16)14-8-4-2-3-5-9(8)17-6-10(12)15/h2-5,7,14H,6H2,1H3,(H2,12,15)(H2,13,16)/t7-/m0/s1. The van der Waals surface area contributed by atoms with Crippen LogP contribution in [0.2, 0.25) is 0 Å². The molecule has 0 heterocycles. The van der Waals surface area contributed by atoms with E-state index in [1.165, 1.54) is 11.8 Å². The number of nitrogens with one attached hydrogen (secondary N) is 1. The number of rotatable bonds is 6. The van der Waals surface area contributed by atoms with Crippen molar-refractivity contribution in [2.24, 2.45) is 11.5 Å². The SMILES string of the molecule is C[C@H](Nc1ccccc1SCC(N)=O)C(N)=O. The third-order valence-electron chi connectivity index (χ3n) is 2.06. The van der Waals surface area contributed by atoms with E-state index in [1.54, 1.807) is 6.92 Å². The molecule has 0 fully saturated rings. The molecule has 0 saturated carbocycles. The van der Waals surface area contributed by atoms with Gasteiger partial charge in [0.1, 0.15) is 6.04 Å². The first-order valence-corrected chi connectivity index (χ1v) is 6.05. The molecule has 6 heteroatoms. The second kappa shape index (κ2) is 6.15. The molecule has 5 nitrogen and oxygen atoms in total. The van der Waals surface area contributed by atoms with E-state index in [2.05, 4.69) is 5.32 Å². The molecule has 17 heavy (non-hydrogen) atoms. The highest BCUT2D eigenvalue weighted by atomic mass is 32.2. The summed E-state index contributed by atoms with van der Waals surface area (Å²) in [4.78, 5) is 22.5. The summed E-state index contributed by atoms with van der Waals surface area (Å²) in [5.41, 5.74) is 11.0. The van der Waals surface area contributed by atoms with Gasteiger partial charge in [-0.3, -0.25) is 9.59 Å². The van der Waals surface area contributed by atoms with Crippen LogP contribution in [0.15, 0.2) is 29.2 Å². The van der Waals surface area contributed by atoms with E-state index in [9.17, 15) is 9.59 Å². The van der Waals surface area contributed by atoms with Crippen molar-refractivity contribution >= 4 is 29.3 Å². The van der Waals surface area contributed by atoms with Crippen LogP contribution in [0.4, 0.5) is 5.69 Å². The highest BCUT2D eigenvalue weighted by molar-refractivity contribution is 8.00. The molecule has 0 unspecified atom stereocenters. The van der Waals surface area contributed by atoms with Crippen LogP contribution in [-0.2, 0) is 9.59 Å². The van der Waals surface area contributed by atoms with E-state index in [1.807, 2.05) is 24.3 Å². The molecule has 0 aromatic heterocycles. The predicted molar refractivity (Wildman–Crippen MR) is 68.6 cm³/mol. The summed E-state index contributed by atoms with van der Waals surface area (Å²) in [5.74, 6) is -0.614. The van der Waals surface area contributed by atoms with Crippen LogP contribution in [0.1, 0.15) is 6.92 Å². The number of carbonyl (C=O) groups is 2. The topological polar surface area (TPSA) is 98.2 Å². The van der Waals surface area contributed by atoms with Crippen molar-refractivity contribution in [3.8, 4) is 0 Å². The minimum atomic E-state index is -0.467. The van der Waals surface area contributed by atoms with Crippen LogP contribution in [0, 0.1) is 0 Å². The van der Waals surface area contributed by atoms with Gasteiger partial charge < -0.3 is 16.8 Å². The van der Waals surface area contributed by atoms with Gasteiger partial charge in [0.25, 0.3) is 0 Å². The maximum Gasteiger partial charge on any atom is 0.239 e. The van der Waals surface area contributed by atoms with Crippen LogP contribution in [-0.4, -0.2) is 23.6 Å². The van der Waals surface area contributed by atoms with Gasteiger partial charge in [0, 0.05) is 10.6 Å². The molecule has 1 rings (SSSR count). The molecule has 5 N–H and O–H groups in total. The molecule has 1 atom stereocenters. The minimum Gasteiger partial charge on any atom is -0.373 e. The summed E-state index contributed by atoms with van der Waals surface area (Å²) in [7, 11) is 0. The molecule has 1 aromatic carbocycles. The van der Waals surface area contributed by atoms with E-state index < -0.39 is 11.9 Å². The van der Waals surface area contributed by atoms with Crippen molar-refractivity contribution in [1.82, 2.24) is 0 Å². The monoisotopic (exact) mass is 253 g/mol. The fourth-order valence-corrected chi connectivity index (χ4v) is 1.92. The van der Waals surface area contributed by atoms with Gasteiger partial charge in [0.05, 0.1) is 5.75 Å². The lowest BCUT2D eigenvalue weighted by Gasteiger charge is -2.14. The van der Waals surface area contributed by atoms with Crippen molar-refractivity contribution in [3.63, 3.8) is 0 Å². The molecule has 2 amide bonds. The first kappa shape index (κ1) is 13.4. The Morgan fingerprint density at radius 3 is 2.59 bits per heavy atom. The number of hydrogen-bond acceptors (Lipinski definition) is 4. The van der Waals surface area contributed by atoms with Gasteiger partial charge in [-0.2, -0.15) is 0 Å². The molecule has 0 saturated heterocycles. The molecule has 0 bridgehead atoms. The number of thioether (sulfide) groups is 1. The zero-order chi connectivity index (χ0) is 12.8. The number of nitrogens with two attached hydrogens (primary N) is 2. The number of hydrogen-bond donors (Lipinski definition) is 3. The largest absolute Gasteiger partial charge is 0.373 e. The number of anilines is 1. The highest BCUT2D eigenvalue weighted by Crippen LogP contribution is 2.27. The lowest BCUT2D eigenvalue weighted by atomic mass is 10.2.